The summed E-state index contributed by atoms with van der Waals surface area (Å²) in [4.78, 5) is 0. The van der Waals surface area contributed by atoms with Gasteiger partial charge in [-0.1, -0.05) is 5.21 Å². The van der Waals surface area contributed by atoms with E-state index in [1.54, 1.807) is 4.68 Å². The van der Waals surface area contributed by atoms with Crippen LogP contribution in [-0.4, -0.2) is 21.6 Å². The van der Waals surface area contributed by atoms with Crippen LogP contribution in [0.15, 0.2) is 24.3 Å². The van der Waals surface area contributed by atoms with Gasteiger partial charge in [-0.3, -0.25) is 0 Å². The van der Waals surface area contributed by atoms with E-state index in [1.165, 1.54) is 0 Å². The molecule has 0 aliphatic rings. The van der Waals surface area contributed by atoms with Gasteiger partial charge in [-0.15, -0.1) is 5.10 Å². The third-order valence-electron chi connectivity index (χ3n) is 2.75. The van der Waals surface area contributed by atoms with Crippen LogP contribution >= 0.6 is 0 Å². The molecular formula is C13H18N4O. The summed E-state index contributed by atoms with van der Waals surface area (Å²) in [6.45, 7) is 6.50. The Labute approximate surface area is 107 Å². The SMILES string of the molecule is CCOc1ccc(-n2nnc(C(C)N)c2C)cc1. The van der Waals surface area contributed by atoms with Gasteiger partial charge in [0.25, 0.3) is 0 Å². The Balaban J connectivity index is 2.31. The zero-order chi connectivity index (χ0) is 13.1. The van der Waals surface area contributed by atoms with Crippen molar-refractivity contribution in [2.75, 3.05) is 6.61 Å². The Hall–Kier alpha value is -1.88. The summed E-state index contributed by atoms with van der Waals surface area (Å²) in [6.07, 6.45) is 0. The molecule has 18 heavy (non-hydrogen) atoms. The van der Waals surface area contributed by atoms with Gasteiger partial charge in [-0.05, 0) is 45.0 Å². The minimum Gasteiger partial charge on any atom is -0.494 e. The Morgan fingerprint density at radius 1 is 1.33 bits per heavy atom. The molecule has 0 amide bonds. The average Bonchev–Trinajstić information content (AvgIpc) is 2.73. The molecule has 0 bridgehead atoms. The topological polar surface area (TPSA) is 66.0 Å². The summed E-state index contributed by atoms with van der Waals surface area (Å²) in [6, 6.07) is 7.65. The molecule has 0 saturated carbocycles. The molecule has 1 aromatic heterocycles. The summed E-state index contributed by atoms with van der Waals surface area (Å²) in [5.41, 5.74) is 8.58. The Morgan fingerprint density at radius 2 is 2.00 bits per heavy atom. The Morgan fingerprint density at radius 3 is 2.50 bits per heavy atom. The van der Waals surface area contributed by atoms with E-state index in [2.05, 4.69) is 10.3 Å². The molecule has 0 aliphatic heterocycles. The number of ether oxygens (including phenoxy) is 1. The fraction of sp³-hybridized carbons (Fsp3) is 0.385. The van der Waals surface area contributed by atoms with Crippen molar-refractivity contribution in [3.8, 4) is 11.4 Å². The largest absolute Gasteiger partial charge is 0.494 e. The van der Waals surface area contributed by atoms with E-state index in [4.69, 9.17) is 10.5 Å². The molecule has 1 heterocycles. The predicted octanol–water partition coefficient (Wildman–Crippen LogP) is 1.99. The maximum absolute atomic E-state index is 5.83. The third kappa shape index (κ3) is 2.36. The average molecular weight is 246 g/mol. The van der Waals surface area contributed by atoms with Gasteiger partial charge in [0.15, 0.2) is 0 Å². The molecule has 96 valence electrons. The highest BCUT2D eigenvalue weighted by atomic mass is 16.5. The van der Waals surface area contributed by atoms with Gasteiger partial charge in [0.1, 0.15) is 11.4 Å². The molecule has 1 unspecified atom stereocenters. The molecule has 0 saturated heterocycles. The molecular weight excluding hydrogens is 228 g/mol. The van der Waals surface area contributed by atoms with E-state index in [1.807, 2.05) is 45.0 Å². The van der Waals surface area contributed by atoms with Crippen LogP contribution in [0.1, 0.15) is 31.3 Å². The number of benzene rings is 1. The second-order valence-electron chi connectivity index (χ2n) is 4.19. The fourth-order valence-corrected chi connectivity index (χ4v) is 1.86. The van der Waals surface area contributed by atoms with Crippen molar-refractivity contribution in [3.05, 3.63) is 35.7 Å². The van der Waals surface area contributed by atoms with E-state index in [-0.39, 0.29) is 6.04 Å². The quantitative estimate of drug-likeness (QED) is 0.896. The van der Waals surface area contributed by atoms with Gasteiger partial charge in [0.2, 0.25) is 0 Å². The number of hydrogen-bond donors (Lipinski definition) is 1. The van der Waals surface area contributed by atoms with E-state index in [0.717, 1.165) is 22.8 Å². The molecule has 1 atom stereocenters. The maximum Gasteiger partial charge on any atom is 0.119 e. The summed E-state index contributed by atoms with van der Waals surface area (Å²) in [7, 11) is 0. The summed E-state index contributed by atoms with van der Waals surface area (Å²) < 4.78 is 7.19. The van der Waals surface area contributed by atoms with Crippen molar-refractivity contribution >= 4 is 0 Å². The Bertz CT molecular complexity index is 516. The van der Waals surface area contributed by atoms with Gasteiger partial charge in [-0.2, -0.15) is 0 Å². The van der Waals surface area contributed by atoms with E-state index >= 15 is 0 Å². The van der Waals surface area contributed by atoms with Crippen LogP contribution in [-0.2, 0) is 0 Å². The molecule has 0 aliphatic carbocycles. The van der Waals surface area contributed by atoms with Crippen LogP contribution in [0.5, 0.6) is 5.75 Å². The van der Waals surface area contributed by atoms with Crippen molar-refractivity contribution in [1.82, 2.24) is 15.0 Å². The molecule has 5 heteroatoms. The fourth-order valence-electron chi connectivity index (χ4n) is 1.86. The van der Waals surface area contributed by atoms with Crippen LogP contribution in [0.3, 0.4) is 0 Å². The van der Waals surface area contributed by atoms with Crippen LogP contribution in [0.2, 0.25) is 0 Å². The number of nitrogens with zero attached hydrogens (tertiary/aromatic N) is 3. The van der Waals surface area contributed by atoms with Gasteiger partial charge in [-0.25, -0.2) is 4.68 Å². The molecule has 0 radical (unpaired) electrons. The molecule has 2 rings (SSSR count). The molecule has 5 nitrogen and oxygen atoms in total. The smallest absolute Gasteiger partial charge is 0.119 e. The molecule has 2 aromatic rings. The van der Waals surface area contributed by atoms with Crippen molar-refractivity contribution < 1.29 is 4.74 Å². The van der Waals surface area contributed by atoms with Crippen molar-refractivity contribution in [2.24, 2.45) is 5.73 Å². The van der Waals surface area contributed by atoms with E-state index in [0.29, 0.717) is 6.61 Å². The summed E-state index contributed by atoms with van der Waals surface area (Å²) in [5, 5.41) is 8.24. The van der Waals surface area contributed by atoms with E-state index < -0.39 is 0 Å². The van der Waals surface area contributed by atoms with Crippen LogP contribution in [0.25, 0.3) is 5.69 Å². The van der Waals surface area contributed by atoms with Gasteiger partial charge in [0.05, 0.1) is 18.0 Å². The molecule has 2 N–H and O–H groups in total. The standard InChI is InChI=1S/C13H18N4O/c1-4-18-12-7-5-11(6-8-12)17-10(3)13(9(2)14)15-16-17/h5-9H,4,14H2,1-3H3. The minimum atomic E-state index is -0.110. The van der Waals surface area contributed by atoms with Crippen molar-refractivity contribution in [1.29, 1.82) is 0 Å². The first-order chi connectivity index (χ1) is 8.63. The van der Waals surface area contributed by atoms with Gasteiger partial charge in [0, 0.05) is 6.04 Å². The number of rotatable bonds is 4. The minimum absolute atomic E-state index is 0.110. The highest BCUT2D eigenvalue weighted by molar-refractivity contribution is 5.38. The second kappa shape index (κ2) is 5.18. The lowest BCUT2D eigenvalue weighted by Gasteiger charge is -2.07. The number of nitrogens with two attached hydrogens (primary N) is 1. The number of aromatic nitrogens is 3. The highest BCUT2D eigenvalue weighted by Crippen LogP contribution is 2.18. The lowest BCUT2D eigenvalue weighted by Crippen LogP contribution is -2.07. The maximum atomic E-state index is 5.83. The summed E-state index contributed by atoms with van der Waals surface area (Å²) >= 11 is 0. The molecule has 0 fully saturated rings. The van der Waals surface area contributed by atoms with Crippen LogP contribution in [0.4, 0.5) is 0 Å². The lowest BCUT2D eigenvalue weighted by atomic mass is 10.2. The normalized spacial score (nSPS) is 12.4. The van der Waals surface area contributed by atoms with Crippen LogP contribution < -0.4 is 10.5 Å². The molecule has 0 spiro atoms. The lowest BCUT2D eigenvalue weighted by molar-refractivity contribution is 0.340. The van der Waals surface area contributed by atoms with Crippen molar-refractivity contribution in [3.63, 3.8) is 0 Å². The zero-order valence-electron chi connectivity index (χ0n) is 10.9. The molecule has 1 aromatic carbocycles. The van der Waals surface area contributed by atoms with Gasteiger partial charge >= 0.3 is 0 Å². The zero-order valence-corrected chi connectivity index (χ0v) is 10.9. The second-order valence-corrected chi connectivity index (χ2v) is 4.19. The first kappa shape index (κ1) is 12.6. The monoisotopic (exact) mass is 246 g/mol. The first-order valence-electron chi connectivity index (χ1n) is 6.04. The summed E-state index contributed by atoms with van der Waals surface area (Å²) in [5.74, 6) is 0.853. The third-order valence-corrected chi connectivity index (χ3v) is 2.75. The first-order valence-corrected chi connectivity index (χ1v) is 6.04. The van der Waals surface area contributed by atoms with Crippen molar-refractivity contribution in [2.45, 2.75) is 26.8 Å². The highest BCUT2D eigenvalue weighted by Gasteiger charge is 2.12. The number of hydrogen-bond acceptors (Lipinski definition) is 4. The van der Waals surface area contributed by atoms with E-state index in [9.17, 15) is 0 Å². The van der Waals surface area contributed by atoms with Crippen LogP contribution in [0, 0.1) is 6.92 Å². The predicted molar refractivity (Wildman–Crippen MR) is 69.9 cm³/mol. The Kier molecular flexibility index (Phi) is 3.62. The van der Waals surface area contributed by atoms with Gasteiger partial charge < -0.3 is 10.5 Å².